The molecule has 4 rings (SSSR count). The quantitative estimate of drug-likeness (QED) is 0.176. The number of carbonyl (C=O) groups excluding carboxylic acids is 2. The number of halogens is 8. The molecule has 182 valence electrons. The predicted molar refractivity (Wildman–Crippen MR) is 137 cm³/mol. The molecular formula is C24H13Cl6F2NO2. The van der Waals surface area contributed by atoms with Crippen molar-refractivity contribution in [1.29, 1.82) is 0 Å². The second-order valence-electron chi connectivity index (χ2n) is 7.95. The Morgan fingerprint density at radius 1 is 0.886 bits per heavy atom. The molecule has 1 amide bonds. The number of Topliss-reactive ketones (excluding diaryl/α,β-unsaturated/α-hetero) is 1. The third-order valence-corrected chi connectivity index (χ3v) is 8.07. The van der Waals surface area contributed by atoms with Crippen LogP contribution in [0.5, 0.6) is 0 Å². The van der Waals surface area contributed by atoms with Crippen molar-refractivity contribution in [2.24, 2.45) is 5.92 Å². The lowest BCUT2D eigenvalue weighted by Gasteiger charge is -2.10. The number of rotatable bonds is 6. The zero-order valence-corrected chi connectivity index (χ0v) is 21.9. The number of hydrogen-bond donors (Lipinski definition) is 1. The van der Waals surface area contributed by atoms with Crippen LogP contribution >= 0.6 is 69.6 Å². The van der Waals surface area contributed by atoms with Crippen molar-refractivity contribution in [3.63, 3.8) is 0 Å². The second kappa shape index (κ2) is 10.0. The van der Waals surface area contributed by atoms with Gasteiger partial charge in [-0.1, -0.05) is 52.5 Å². The third-order valence-electron chi connectivity index (χ3n) is 5.60. The van der Waals surface area contributed by atoms with Crippen molar-refractivity contribution in [1.82, 2.24) is 0 Å². The van der Waals surface area contributed by atoms with E-state index in [-0.39, 0.29) is 43.3 Å². The van der Waals surface area contributed by atoms with Crippen molar-refractivity contribution in [2.45, 2.75) is 16.7 Å². The number of amides is 1. The minimum Gasteiger partial charge on any atom is -0.326 e. The van der Waals surface area contributed by atoms with Gasteiger partial charge in [0.15, 0.2) is 5.78 Å². The van der Waals surface area contributed by atoms with Crippen LogP contribution in [0.25, 0.3) is 0 Å². The highest BCUT2D eigenvalue weighted by Gasteiger charge is 2.67. The molecule has 0 aliphatic heterocycles. The summed E-state index contributed by atoms with van der Waals surface area (Å²) in [6.45, 7) is 0. The number of benzene rings is 3. The number of anilines is 1. The van der Waals surface area contributed by atoms with Gasteiger partial charge in [-0.2, -0.15) is 0 Å². The second-order valence-corrected chi connectivity index (χ2v) is 11.0. The molecule has 3 aromatic rings. The van der Waals surface area contributed by atoms with Crippen molar-refractivity contribution >= 4 is 87.0 Å². The fraction of sp³-hybridized carbons (Fsp3) is 0.167. The summed E-state index contributed by atoms with van der Waals surface area (Å²) in [5, 5.41) is 3.34. The van der Waals surface area contributed by atoms with E-state index in [1.54, 1.807) is 12.1 Å². The largest absolute Gasteiger partial charge is 0.326 e. The van der Waals surface area contributed by atoms with E-state index < -0.39 is 39.5 Å². The van der Waals surface area contributed by atoms with E-state index in [1.807, 2.05) is 0 Å². The van der Waals surface area contributed by atoms with Crippen LogP contribution < -0.4 is 5.32 Å². The van der Waals surface area contributed by atoms with Crippen LogP contribution in [0.2, 0.25) is 20.1 Å². The first-order chi connectivity index (χ1) is 16.4. The summed E-state index contributed by atoms with van der Waals surface area (Å²) in [5.41, 5.74) is 0.865. The maximum Gasteiger partial charge on any atom is 0.231 e. The van der Waals surface area contributed by atoms with Gasteiger partial charge in [0.05, 0.1) is 26.0 Å². The van der Waals surface area contributed by atoms with Crippen LogP contribution in [0.1, 0.15) is 27.4 Å². The summed E-state index contributed by atoms with van der Waals surface area (Å²) in [4.78, 5) is 25.7. The van der Waals surface area contributed by atoms with Gasteiger partial charge in [0, 0.05) is 29.7 Å². The van der Waals surface area contributed by atoms with Crippen LogP contribution in [0, 0.1) is 17.6 Å². The minimum atomic E-state index is -1.42. The molecule has 0 bridgehead atoms. The molecule has 1 aliphatic carbocycles. The van der Waals surface area contributed by atoms with Crippen LogP contribution in [-0.4, -0.2) is 16.0 Å². The highest BCUT2D eigenvalue weighted by atomic mass is 35.5. The summed E-state index contributed by atoms with van der Waals surface area (Å²) >= 11 is 37.1. The molecule has 11 heteroatoms. The lowest BCUT2D eigenvalue weighted by atomic mass is 10.0. The topological polar surface area (TPSA) is 46.2 Å². The molecule has 3 nitrogen and oxygen atoms in total. The SMILES string of the molecule is O=C(Cc1ccc(F)cc1F)c1cc(NC(=O)C2C(c3cc(Cl)c(Cl)c(Cl)c3)C2(Cl)Cl)ccc1Cl. The minimum absolute atomic E-state index is 0.0112. The van der Waals surface area contributed by atoms with Crippen LogP contribution in [0.4, 0.5) is 14.5 Å². The zero-order valence-electron chi connectivity index (χ0n) is 17.3. The summed E-state index contributed by atoms with van der Waals surface area (Å²) in [5.74, 6) is -4.07. The first kappa shape index (κ1) is 26.5. The van der Waals surface area contributed by atoms with E-state index in [9.17, 15) is 18.4 Å². The average Bonchev–Trinajstić information content (AvgIpc) is 3.37. The van der Waals surface area contributed by atoms with E-state index >= 15 is 0 Å². The fourth-order valence-electron chi connectivity index (χ4n) is 3.79. The molecular weight excluding hydrogens is 585 g/mol. The van der Waals surface area contributed by atoms with Gasteiger partial charge in [0.2, 0.25) is 5.91 Å². The van der Waals surface area contributed by atoms with Gasteiger partial charge in [-0.3, -0.25) is 9.59 Å². The Kier molecular flexibility index (Phi) is 7.59. The Hall–Kier alpha value is -1.60. The third kappa shape index (κ3) is 5.41. The van der Waals surface area contributed by atoms with Crippen LogP contribution in [0.3, 0.4) is 0 Å². The average molecular weight is 598 g/mol. The summed E-state index contributed by atoms with van der Waals surface area (Å²) in [6, 6.07) is 10.3. The molecule has 1 aliphatic rings. The van der Waals surface area contributed by atoms with Crippen molar-refractivity contribution in [3.8, 4) is 0 Å². The van der Waals surface area contributed by atoms with E-state index in [4.69, 9.17) is 69.6 Å². The standard InChI is InChI=1S/C24H13Cl6F2NO2/c25-15-4-3-13(9-14(15)19(34)7-10-1-2-12(31)8-18(10)32)33-23(35)21-20(24(21,29)30)11-5-16(26)22(28)17(27)6-11/h1-6,8-9,20-21H,7H2,(H,33,35). The zero-order chi connectivity index (χ0) is 25.7. The smallest absolute Gasteiger partial charge is 0.231 e. The fourth-order valence-corrected chi connectivity index (χ4v) is 5.46. The van der Waals surface area contributed by atoms with Crippen molar-refractivity contribution < 1.29 is 18.4 Å². The van der Waals surface area contributed by atoms with Crippen molar-refractivity contribution in [3.05, 3.63) is 96.9 Å². The first-order valence-corrected chi connectivity index (χ1v) is 12.3. The highest BCUT2D eigenvalue weighted by Crippen LogP contribution is 2.65. The number of ketones is 1. The lowest BCUT2D eigenvalue weighted by Crippen LogP contribution is -2.17. The molecule has 0 heterocycles. The monoisotopic (exact) mass is 595 g/mol. The highest BCUT2D eigenvalue weighted by molar-refractivity contribution is 6.54. The molecule has 1 N–H and O–H groups in total. The molecule has 0 spiro atoms. The maximum atomic E-state index is 14.0. The first-order valence-electron chi connectivity index (χ1n) is 10.00. The molecule has 3 aromatic carbocycles. The Balaban J connectivity index is 1.52. The van der Waals surface area contributed by atoms with Crippen LogP contribution in [-0.2, 0) is 11.2 Å². The van der Waals surface area contributed by atoms with Gasteiger partial charge < -0.3 is 5.32 Å². The molecule has 0 radical (unpaired) electrons. The number of nitrogens with one attached hydrogen (secondary N) is 1. The molecule has 0 saturated heterocycles. The van der Waals surface area contributed by atoms with Gasteiger partial charge in [0.1, 0.15) is 16.0 Å². The normalized spacial score (nSPS) is 18.3. The van der Waals surface area contributed by atoms with E-state index in [2.05, 4.69) is 5.32 Å². The van der Waals surface area contributed by atoms with Gasteiger partial charge >= 0.3 is 0 Å². The Bertz CT molecular complexity index is 1340. The Morgan fingerprint density at radius 2 is 1.54 bits per heavy atom. The molecule has 0 aromatic heterocycles. The number of carbonyl (C=O) groups is 2. The van der Waals surface area contributed by atoms with E-state index in [0.29, 0.717) is 11.6 Å². The maximum absolute atomic E-state index is 14.0. The lowest BCUT2D eigenvalue weighted by molar-refractivity contribution is -0.117. The number of alkyl halides is 2. The Labute approximate surface area is 229 Å². The molecule has 35 heavy (non-hydrogen) atoms. The van der Waals surface area contributed by atoms with Crippen molar-refractivity contribution in [2.75, 3.05) is 5.32 Å². The summed E-state index contributed by atoms with van der Waals surface area (Å²) in [7, 11) is 0. The van der Waals surface area contributed by atoms with Gasteiger partial charge in [-0.15, -0.1) is 23.2 Å². The van der Waals surface area contributed by atoms with Gasteiger partial charge in [0.25, 0.3) is 0 Å². The molecule has 2 atom stereocenters. The molecule has 1 fully saturated rings. The summed E-state index contributed by atoms with van der Waals surface area (Å²) in [6.07, 6.45) is -0.349. The van der Waals surface area contributed by atoms with Crippen LogP contribution in [0.15, 0.2) is 48.5 Å². The van der Waals surface area contributed by atoms with Gasteiger partial charge in [-0.25, -0.2) is 8.78 Å². The van der Waals surface area contributed by atoms with Gasteiger partial charge in [-0.05, 0) is 47.5 Å². The van der Waals surface area contributed by atoms with E-state index in [0.717, 1.165) is 6.07 Å². The predicted octanol–water partition coefficient (Wildman–Crippen LogP) is 8.53. The van der Waals surface area contributed by atoms with E-state index in [1.165, 1.54) is 24.3 Å². The Morgan fingerprint density at radius 3 is 2.17 bits per heavy atom. The molecule has 1 saturated carbocycles. The molecule has 2 unspecified atom stereocenters. The number of hydrogen-bond acceptors (Lipinski definition) is 2. The summed E-state index contributed by atoms with van der Waals surface area (Å²) < 4.78 is 25.7.